The first-order valence-corrected chi connectivity index (χ1v) is 6.22. The average Bonchev–Trinajstić information content (AvgIpc) is 2.27. The Morgan fingerprint density at radius 3 is 2.56 bits per heavy atom. The van der Waals surface area contributed by atoms with Gasteiger partial charge in [0.15, 0.2) is 11.6 Å². The predicted octanol–water partition coefficient (Wildman–Crippen LogP) is 2.51. The van der Waals surface area contributed by atoms with Crippen LogP contribution in [-0.4, -0.2) is 17.8 Å². The van der Waals surface area contributed by atoms with E-state index in [1.807, 2.05) is 0 Å². The summed E-state index contributed by atoms with van der Waals surface area (Å²) in [5, 5.41) is 12.3. The van der Waals surface area contributed by atoms with Gasteiger partial charge in [-0.1, -0.05) is 6.42 Å². The van der Waals surface area contributed by atoms with Crippen molar-refractivity contribution in [3.8, 4) is 0 Å². The molecule has 0 radical (unpaired) electrons. The third-order valence-corrected chi connectivity index (χ3v) is 3.39. The second-order valence-electron chi connectivity index (χ2n) is 4.93. The van der Waals surface area contributed by atoms with Gasteiger partial charge in [-0.2, -0.15) is 0 Å². The van der Waals surface area contributed by atoms with Gasteiger partial charge < -0.3 is 16.2 Å². The van der Waals surface area contributed by atoms with Gasteiger partial charge in [-0.3, -0.25) is 0 Å². The fourth-order valence-electron chi connectivity index (χ4n) is 2.46. The van der Waals surface area contributed by atoms with Crippen LogP contribution in [0.4, 0.5) is 20.2 Å². The molecule has 0 aliphatic heterocycles. The zero-order chi connectivity index (χ0) is 13.1. The number of halogens is 2. The zero-order valence-corrected chi connectivity index (χ0v) is 10.1. The summed E-state index contributed by atoms with van der Waals surface area (Å²) in [6.07, 6.45) is 3.15. The summed E-state index contributed by atoms with van der Waals surface area (Å²) in [5.74, 6) is -1.10. The molecule has 4 N–H and O–H groups in total. The number of nitrogens with two attached hydrogens (primary N) is 1. The number of hydrogen-bond acceptors (Lipinski definition) is 3. The second kappa shape index (κ2) is 5.52. The lowest BCUT2D eigenvalue weighted by Gasteiger charge is -2.26. The molecular weight excluding hydrogens is 238 g/mol. The molecule has 3 nitrogen and oxygen atoms in total. The van der Waals surface area contributed by atoms with Crippen LogP contribution in [0.1, 0.15) is 25.7 Å². The Morgan fingerprint density at radius 1 is 1.28 bits per heavy atom. The quantitative estimate of drug-likeness (QED) is 0.728. The highest BCUT2D eigenvalue weighted by atomic mass is 19.1. The van der Waals surface area contributed by atoms with E-state index < -0.39 is 11.6 Å². The highest BCUT2D eigenvalue weighted by Gasteiger charge is 2.20. The molecular formula is C13H18F2N2O. The van der Waals surface area contributed by atoms with Crippen LogP contribution in [0.5, 0.6) is 0 Å². The molecule has 0 spiro atoms. The summed E-state index contributed by atoms with van der Waals surface area (Å²) in [6, 6.07) is 2.20. The first-order valence-electron chi connectivity index (χ1n) is 6.22. The van der Waals surface area contributed by atoms with Crippen molar-refractivity contribution < 1.29 is 13.9 Å². The van der Waals surface area contributed by atoms with E-state index in [0.29, 0.717) is 13.0 Å². The minimum absolute atomic E-state index is 0.0728. The summed E-state index contributed by atoms with van der Waals surface area (Å²) < 4.78 is 27.0. The summed E-state index contributed by atoms with van der Waals surface area (Å²) in [7, 11) is 0. The molecule has 2 rings (SSSR count). The Morgan fingerprint density at radius 2 is 1.94 bits per heavy atom. The predicted molar refractivity (Wildman–Crippen MR) is 67.2 cm³/mol. The fourth-order valence-corrected chi connectivity index (χ4v) is 2.46. The Balaban J connectivity index is 1.97. The van der Waals surface area contributed by atoms with E-state index in [1.54, 1.807) is 0 Å². The summed E-state index contributed by atoms with van der Waals surface area (Å²) in [6.45, 7) is 0.467. The lowest BCUT2D eigenvalue weighted by Crippen LogP contribution is -2.25. The number of nitrogens with one attached hydrogen (secondary N) is 1. The van der Waals surface area contributed by atoms with Crippen LogP contribution in [0.3, 0.4) is 0 Å². The number of rotatable bonds is 3. The number of hydrogen-bond donors (Lipinski definition) is 3. The molecule has 1 saturated carbocycles. The van der Waals surface area contributed by atoms with Crippen molar-refractivity contribution in [1.29, 1.82) is 0 Å². The van der Waals surface area contributed by atoms with Crippen molar-refractivity contribution >= 4 is 11.4 Å². The molecule has 1 fully saturated rings. The molecule has 1 aliphatic rings. The molecule has 1 aromatic carbocycles. The van der Waals surface area contributed by atoms with Crippen LogP contribution >= 0.6 is 0 Å². The Kier molecular flexibility index (Phi) is 4.01. The standard InChI is InChI=1S/C13H18F2N2O/c14-11-5-9(16)6-12(15)13(11)17-7-8-2-1-3-10(18)4-8/h5-6,8,10,17-18H,1-4,7,16H2. The van der Waals surface area contributed by atoms with E-state index in [2.05, 4.69) is 5.32 Å². The van der Waals surface area contributed by atoms with Crippen LogP contribution < -0.4 is 11.1 Å². The van der Waals surface area contributed by atoms with Gasteiger partial charge >= 0.3 is 0 Å². The monoisotopic (exact) mass is 256 g/mol. The normalized spacial score (nSPS) is 23.9. The van der Waals surface area contributed by atoms with Gasteiger partial charge in [0.1, 0.15) is 5.69 Å². The van der Waals surface area contributed by atoms with E-state index in [1.165, 1.54) is 0 Å². The topological polar surface area (TPSA) is 58.3 Å². The first kappa shape index (κ1) is 13.1. The Hall–Kier alpha value is -1.36. The lowest BCUT2D eigenvalue weighted by atomic mass is 9.87. The smallest absolute Gasteiger partial charge is 0.151 e. The van der Waals surface area contributed by atoms with Crippen molar-refractivity contribution in [2.45, 2.75) is 31.8 Å². The molecule has 100 valence electrons. The fraction of sp³-hybridized carbons (Fsp3) is 0.538. The maximum atomic E-state index is 13.5. The summed E-state index contributed by atoms with van der Waals surface area (Å²) in [5.41, 5.74) is 5.28. The van der Waals surface area contributed by atoms with Gasteiger partial charge in [-0.05, 0) is 37.3 Å². The van der Waals surface area contributed by atoms with Crippen LogP contribution in [0.15, 0.2) is 12.1 Å². The van der Waals surface area contributed by atoms with Crippen LogP contribution in [0.2, 0.25) is 0 Å². The number of nitrogen functional groups attached to an aromatic ring is 1. The van der Waals surface area contributed by atoms with E-state index in [0.717, 1.165) is 31.4 Å². The highest BCUT2D eigenvalue weighted by Crippen LogP contribution is 2.26. The molecule has 2 atom stereocenters. The molecule has 0 saturated heterocycles. The molecule has 0 bridgehead atoms. The summed E-state index contributed by atoms with van der Waals surface area (Å²) >= 11 is 0. The van der Waals surface area contributed by atoms with Gasteiger partial charge in [0, 0.05) is 12.2 Å². The third-order valence-electron chi connectivity index (χ3n) is 3.39. The van der Waals surface area contributed by atoms with Crippen LogP contribution in [0, 0.1) is 17.6 Å². The van der Waals surface area contributed by atoms with E-state index in [4.69, 9.17) is 5.73 Å². The summed E-state index contributed by atoms with van der Waals surface area (Å²) in [4.78, 5) is 0. The molecule has 2 unspecified atom stereocenters. The van der Waals surface area contributed by atoms with Crippen LogP contribution in [-0.2, 0) is 0 Å². The SMILES string of the molecule is Nc1cc(F)c(NCC2CCCC(O)C2)c(F)c1. The van der Waals surface area contributed by atoms with Gasteiger partial charge in [0.2, 0.25) is 0 Å². The Labute approximate surface area is 105 Å². The largest absolute Gasteiger partial charge is 0.399 e. The third kappa shape index (κ3) is 3.10. The van der Waals surface area contributed by atoms with Crippen molar-refractivity contribution in [2.24, 2.45) is 5.92 Å². The molecule has 5 heteroatoms. The molecule has 0 aromatic heterocycles. The Bertz CT molecular complexity index is 402. The highest BCUT2D eigenvalue weighted by molar-refractivity contribution is 5.54. The average molecular weight is 256 g/mol. The number of aliphatic hydroxyl groups excluding tert-OH is 1. The van der Waals surface area contributed by atoms with Crippen molar-refractivity contribution in [2.75, 3.05) is 17.6 Å². The van der Waals surface area contributed by atoms with E-state index in [-0.39, 0.29) is 23.4 Å². The number of aliphatic hydroxyl groups is 1. The van der Waals surface area contributed by atoms with E-state index >= 15 is 0 Å². The minimum Gasteiger partial charge on any atom is -0.399 e. The van der Waals surface area contributed by atoms with Gasteiger partial charge in [-0.25, -0.2) is 8.78 Å². The van der Waals surface area contributed by atoms with Crippen LogP contribution in [0.25, 0.3) is 0 Å². The maximum Gasteiger partial charge on any atom is 0.151 e. The molecule has 0 amide bonds. The molecule has 1 aliphatic carbocycles. The maximum absolute atomic E-state index is 13.5. The number of anilines is 2. The van der Waals surface area contributed by atoms with E-state index in [9.17, 15) is 13.9 Å². The zero-order valence-electron chi connectivity index (χ0n) is 10.1. The molecule has 1 aromatic rings. The van der Waals surface area contributed by atoms with Crippen molar-refractivity contribution in [3.63, 3.8) is 0 Å². The van der Waals surface area contributed by atoms with Gasteiger partial charge in [-0.15, -0.1) is 0 Å². The number of benzene rings is 1. The molecule has 18 heavy (non-hydrogen) atoms. The lowest BCUT2D eigenvalue weighted by molar-refractivity contribution is 0.104. The van der Waals surface area contributed by atoms with Gasteiger partial charge in [0.05, 0.1) is 6.10 Å². The van der Waals surface area contributed by atoms with Gasteiger partial charge in [0.25, 0.3) is 0 Å². The second-order valence-corrected chi connectivity index (χ2v) is 4.93. The minimum atomic E-state index is -0.677. The van der Waals surface area contributed by atoms with Crippen molar-refractivity contribution in [3.05, 3.63) is 23.8 Å². The molecule has 0 heterocycles. The van der Waals surface area contributed by atoms with Crippen molar-refractivity contribution in [1.82, 2.24) is 0 Å². The first-order chi connectivity index (χ1) is 8.56.